The number of nitro groups is 1. The van der Waals surface area contributed by atoms with Crippen LogP contribution in [0.4, 0.5) is 17.2 Å². The van der Waals surface area contributed by atoms with Gasteiger partial charge >= 0.3 is 0 Å². The molecule has 1 aromatic heterocycles. The zero-order chi connectivity index (χ0) is 22.8. The van der Waals surface area contributed by atoms with Crippen molar-refractivity contribution in [2.24, 2.45) is 0 Å². The average Bonchev–Trinajstić information content (AvgIpc) is 3.32. The summed E-state index contributed by atoms with van der Waals surface area (Å²) in [6.45, 7) is 10.2. The number of carbonyl (C=O) groups is 1. The van der Waals surface area contributed by atoms with Crippen LogP contribution in [0.3, 0.4) is 0 Å². The molecule has 0 saturated carbocycles. The summed E-state index contributed by atoms with van der Waals surface area (Å²) >= 11 is 0. The lowest BCUT2D eigenvalue weighted by molar-refractivity contribution is -0.384. The molecule has 0 atom stereocenters. The van der Waals surface area contributed by atoms with Crippen LogP contribution in [0.5, 0.6) is 0 Å². The quantitative estimate of drug-likeness (QED) is 0.522. The molecule has 9 nitrogen and oxygen atoms in total. The summed E-state index contributed by atoms with van der Waals surface area (Å²) in [5.41, 5.74) is 1.92. The van der Waals surface area contributed by atoms with E-state index in [-0.39, 0.29) is 22.4 Å². The van der Waals surface area contributed by atoms with Crippen molar-refractivity contribution in [2.75, 3.05) is 49.1 Å². The fourth-order valence-corrected chi connectivity index (χ4v) is 4.34. The number of nitrogens with zero attached hydrogens (tertiary/aromatic N) is 6. The molecular weight excluding hydrogens is 408 g/mol. The Morgan fingerprint density at radius 3 is 2.31 bits per heavy atom. The molecule has 2 fully saturated rings. The maximum Gasteiger partial charge on any atom is 0.293 e. The van der Waals surface area contributed by atoms with E-state index in [1.807, 2.05) is 17.9 Å². The van der Waals surface area contributed by atoms with Crippen LogP contribution >= 0.6 is 0 Å². The predicted octanol–water partition coefficient (Wildman–Crippen LogP) is 3.38. The molecule has 4 rings (SSSR count). The Labute approximate surface area is 188 Å². The Balaban J connectivity index is 1.47. The first-order valence-corrected chi connectivity index (χ1v) is 11.3. The van der Waals surface area contributed by atoms with Crippen LogP contribution in [0.25, 0.3) is 0 Å². The number of carbonyl (C=O) groups excluding carboxylic acids is 1. The van der Waals surface area contributed by atoms with Crippen molar-refractivity contribution < 1.29 is 9.72 Å². The monoisotopic (exact) mass is 438 g/mol. The van der Waals surface area contributed by atoms with Gasteiger partial charge in [-0.05, 0) is 31.9 Å². The molecule has 0 unspecified atom stereocenters. The van der Waals surface area contributed by atoms with Gasteiger partial charge in [-0.1, -0.05) is 13.8 Å². The van der Waals surface area contributed by atoms with Gasteiger partial charge in [-0.25, -0.2) is 9.97 Å². The normalized spacial score (nSPS) is 16.7. The fourth-order valence-electron chi connectivity index (χ4n) is 4.34. The van der Waals surface area contributed by atoms with Crippen molar-refractivity contribution in [1.82, 2.24) is 14.9 Å². The van der Waals surface area contributed by atoms with E-state index in [9.17, 15) is 14.9 Å². The van der Waals surface area contributed by atoms with E-state index in [0.29, 0.717) is 37.4 Å². The highest BCUT2D eigenvalue weighted by molar-refractivity contribution is 5.96. The molecule has 2 aliphatic rings. The lowest BCUT2D eigenvalue weighted by Gasteiger charge is -2.35. The van der Waals surface area contributed by atoms with Crippen molar-refractivity contribution >= 4 is 23.1 Å². The summed E-state index contributed by atoms with van der Waals surface area (Å²) in [7, 11) is 0. The van der Waals surface area contributed by atoms with Crippen LogP contribution < -0.4 is 9.80 Å². The molecule has 0 bridgehead atoms. The van der Waals surface area contributed by atoms with Crippen LogP contribution in [-0.4, -0.2) is 65.0 Å². The molecule has 0 radical (unpaired) electrons. The molecule has 32 heavy (non-hydrogen) atoms. The maximum absolute atomic E-state index is 13.1. The molecule has 0 aliphatic carbocycles. The molecule has 2 saturated heterocycles. The first-order chi connectivity index (χ1) is 15.3. The second-order valence-electron chi connectivity index (χ2n) is 8.81. The van der Waals surface area contributed by atoms with Gasteiger partial charge in [0.05, 0.1) is 4.92 Å². The summed E-state index contributed by atoms with van der Waals surface area (Å²) < 4.78 is 0. The number of nitro benzene ring substituents is 1. The van der Waals surface area contributed by atoms with Crippen LogP contribution in [0, 0.1) is 17.0 Å². The van der Waals surface area contributed by atoms with Gasteiger partial charge in [0, 0.05) is 68.6 Å². The van der Waals surface area contributed by atoms with Gasteiger partial charge in [0.2, 0.25) is 0 Å². The predicted molar refractivity (Wildman–Crippen MR) is 124 cm³/mol. The molecule has 2 aromatic rings. The first-order valence-electron chi connectivity index (χ1n) is 11.3. The number of aryl methyl sites for hydroxylation is 1. The van der Waals surface area contributed by atoms with Gasteiger partial charge in [-0.15, -0.1) is 0 Å². The van der Waals surface area contributed by atoms with Gasteiger partial charge in [0.15, 0.2) is 0 Å². The number of piperazine rings is 1. The van der Waals surface area contributed by atoms with Crippen molar-refractivity contribution in [1.29, 1.82) is 0 Å². The maximum atomic E-state index is 13.1. The van der Waals surface area contributed by atoms with E-state index in [1.54, 1.807) is 17.0 Å². The van der Waals surface area contributed by atoms with Crippen LogP contribution in [0.2, 0.25) is 0 Å². The van der Waals surface area contributed by atoms with Crippen molar-refractivity contribution in [3.8, 4) is 0 Å². The van der Waals surface area contributed by atoms with Gasteiger partial charge in [-0.3, -0.25) is 14.9 Å². The molecule has 0 spiro atoms. The molecule has 9 heteroatoms. The Morgan fingerprint density at radius 2 is 1.69 bits per heavy atom. The number of hydrogen-bond acceptors (Lipinski definition) is 7. The summed E-state index contributed by atoms with van der Waals surface area (Å²) in [4.78, 5) is 39.5. The fraction of sp³-hybridized carbons (Fsp3) is 0.522. The third-order valence-corrected chi connectivity index (χ3v) is 6.13. The van der Waals surface area contributed by atoms with Crippen molar-refractivity contribution in [3.05, 3.63) is 51.5 Å². The van der Waals surface area contributed by atoms with Gasteiger partial charge in [0.1, 0.15) is 17.3 Å². The Bertz CT molecular complexity index is 1010. The number of hydrogen-bond donors (Lipinski definition) is 0. The second kappa shape index (κ2) is 9.10. The zero-order valence-electron chi connectivity index (χ0n) is 19.0. The lowest BCUT2D eigenvalue weighted by atomic mass is 10.1. The minimum Gasteiger partial charge on any atom is -0.366 e. The Morgan fingerprint density at radius 1 is 1.00 bits per heavy atom. The molecule has 170 valence electrons. The van der Waals surface area contributed by atoms with Crippen LogP contribution in [0.15, 0.2) is 24.3 Å². The zero-order valence-corrected chi connectivity index (χ0v) is 19.0. The minimum absolute atomic E-state index is 0.00839. The number of aromatic nitrogens is 2. The second-order valence-corrected chi connectivity index (χ2v) is 8.81. The standard InChI is InChI=1S/C23H30N6O3/c1-16(2)22-24-17(3)14-21(25-22)27-10-12-28(13-11-27)23(30)18-6-7-19(20(15-18)29(31)32)26-8-4-5-9-26/h6-7,14-16H,4-5,8-13H2,1-3H3. The molecule has 1 amide bonds. The number of rotatable bonds is 5. The largest absolute Gasteiger partial charge is 0.366 e. The van der Waals surface area contributed by atoms with E-state index < -0.39 is 0 Å². The average molecular weight is 439 g/mol. The van der Waals surface area contributed by atoms with E-state index in [0.717, 1.165) is 43.3 Å². The molecule has 2 aliphatic heterocycles. The van der Waals surface area contributed by atoms with Crippen LogP contribution in [0.1, 0.15) is 54.5 Å². The van der Waals surface area contributed by atoms with E-state index in [4.69, 9.17) is 4.98 Å². The van der Waals surface area contributed by atoms with Crippen molar-refractivity contribution in [3.63, 3.8) is 0 Å². The summed E-state index contributed by atoms with van der Waals surface area (Å²) in [6.07, 6.45) is 2.07. The lowest BCUT2D eigenvalue weighted by Crippen LogP contribution is -2.49. The first kappa shape index (κ1) is 22.0. The molecule has 0 N–H and O–H groups in total. The van der Waals surface area contributed by atoms with Gasteiger partial charge in [-0.2, -0.15) is 0 Å². The molecular formula is C23H30N6O3. The smallest absolute Gasteiger partial charge is 0.293 e. The summed E-state index contributed by atoms with van der Waals surface area (Å²) in [6, 6.07) is 6.86. The molecule has 3 heterocycles. The van der Waals surface area contributed by atoms with E-state index in [1.165, 1.54) is 6.07 Å². The Kier molecular flexibility index (Phi) is 6.25. The molecule has 1 aromatic carbocycles. The third-order valence-electron chi connectivity index (χ3n) is 6.13. The minimum atomic E-state index is -0.383. The number of anilines is 2. The highest BCUT2D eigenvalue weighted by Crippen LogP contribution is 2.32. The Hall–Kier alpha value is -3.23. The van der Waals surface area contributed by atoms with Crippen LogP contribution in [-0.2, 0) is 0 Å². The van der Waals surface area contributed by atoms with E-state index >= 15 is 0 Å². The topological polar surface area (TPSA) is 95.7 Å². The SMILES string of the molecule is Cc1cc(N2CCN(C(=O)c3ccc(N4CCCC4)c([N+](=O)[O-])c3)CC2)nc(C(C)C)n1. The van der Waals surface area contributed by atoms with Gasteiger partial charge in [0.25, 0.3) is 11.6 Å². The van der Waals surface area contributed by atoms with Gasteiger partial charge < -0.3 is 14.7 Å². The highest BCUT2D eigenvalue weighted by Gasteiger charge is 2.27. The highest BCUT2D eigenvalue weighted by atomic mass is 16.6. The summed E-state index contributed by atoms with van der Waals surface area (Å²) in [5.74, 6) is 1.79. The van der Waals surface area contributed by atoms with Crippen molar-refractivity contribution in [2.45, 2.75) is 39.5 Å². The number of benzene rings is 1. The third kappa shape index (κ3) is 4.51. The van der Waals surface area contributed by atoms with E-state index in [2.05, 4.69) is 23.7 Å². The number of amides is 1. The summed E-state index contributed by atoms with van der Waals surface area (Å²) in [5, 5.41) is 11.7.